The van der Waals surface area contributed by atoms with Crippen molar-refractivity contribution in [3.63, 3.8) is 0 Å². The van der Waals surface area contributed by atoms with Gasteiger partial charge in [0.15, 0.2) is 0 Å². The van der Waals surface area contributed by atoms with Crippen LogP contribution in [0.25, 0.3) is 0 Å². The molecule has 10 nitrogen and oxygen atoms in total. The van der Waals surface area contributed by atoms with Crippen LogP contribution in [0.5, 0.6) is 0 Å². The van der Waals surface area contributed by atoms with Crippen molar-refractivity contribution in [3.8, 4) is 0 Å². The maximum Gasteiger partial charge on any atom is 0.352 e. The number of carbonyl (C=O) groups is 3. The third kappa shape index (κ3) is 4.15. The highest BCUT2D eigenvalue weighted by Crippen LogP contribution is 2.41. The zero-order valence-electron chi connectivity index (χ0n) is 14.6. The van der Waals surface area contributed by atoms with Crippen molar-refractivity contribution in [3.05, 3.63) is 17.2 Å². The predicted molar refractivity (Wildman–Crippen MR) is 104 cm³/mol. The molecule has 1 saturated heterocycles. The topological polar surface area (TPSA) is 146 Å². The first-order chi connectivity index (χ1) is 13.3. The second kappa shape index (κ2) is 8.49. The van der Waals surface area contributed by atoms with Crippen molar-refractivity contribution in [2.75, 3.05) is 11.5 Å². The number of aliphatic carboxylic acids is 2. The summed E-state index contributed by atoms with van der Waals surface area (Å²) in [6.07, 6.45) is 0.221. The van der Waals surface area contributed by atoms with Crippen molar-refractivity contribution in [1.82, 2.24) is 20.4 Å². The summed E-state index contributed by atoms with van der Waals surface area (Å²) >= 11 is 7.68. The Balaban J connectivity index is 1.71. The number of nitrogens with one attached hydrogen (secondary N) is 1. The summed E-state index contributed by atoms with van der Waals surface area (Å²) in [6.45, 7) is 1.88. The minimum atomic E-state index is -1.18. The highest BCUT2D eigenvalue weighted by Gasteiger charge is 2.53. The molecule has 3 N–H and O–H groups in total. The maximum absolute atomic E-state index is 12.5. The molecule has 1 unspecified atom stereocenters. The third-order valence-corrected chi connectivity index (χ3v) is 6.66. The first kappa shape index (κ1) is 20.6. The second-order valence-corrected chi connectivity index (χ2v) is 8.41. The Kier molecular flexibility index (Phi) is 6.25. The molecule has 0 spiro atoms. The molecular weight excluding hydrogens is 428 g/mol. The molecule has 28 heavy (non-hydrogen) atoms. The smallest absolute Gasteiger partial charge is 0.352 e. The first-order valence-corrected chi connectivity index (χ1v) is 10.6. The van der Waals surface area contributed by atoms with Gasteiger partial charge in [0.1, 0.15) is 23.5 Å². The Morgan fingerprint density at radius 3 is 2.82 bits per heavy atom. The van der Waals surface area contributed by atoms with Gasteiger partial charge in [-0.1, -0.05) is 30.9 Å². The molecule has 2 aliphatic rings. The number of fused-ring (bicyclic) bond motifs is 1. The molecule has 1 fully saturated rings. The number of carboxylic acid groups (broad SMARTS) is 2. The van der Waals surface area contributed by atoms with E-state index < -0.39 is 18.0 Å². The Labute approximate surface area is 173 Å². The predicted octanol–water partition coefficient (Wildman–Crippen LogP) is 0.738. The minimum absolute atomic E-state index is 0.0285. The summed E-state index contributed by atoms with van der Waals surface area (Å²) in [5.41, 5.74) is 0.522. The average Bonchev–Trinajstić information content (AvgIpc) is 3.09. The van der Waals surface area contributed by atoms with Crippen LogP contribution in [0.4, 0.5) is 0 Å². The van der Waals surface area contributed by atoms with E-state index >= 15 is 0 Å². The van der Waals surface area contributed by atoms with Gasteiger partial charge in [-0.3, -0.25) is 14.5 Å². The van der Waals surface area contributed by atoms with E-state index in [-0.39, 0.29) is 40.3 Å². The van der Waals surface area contributed by atoms with Crippen LogP contribution in [0.3, 0.4) is 0 Å². The van der Waals surface area contributed by atoms with Gasteiger partial charge in [-0.05, 0) is 12.0 Å². The van der Waals surface area contributed by atoms with Crippen LogP contribution in [0, 0.1) is 0 Å². The lowest BCUT2D eigenvalue weighted by Crippen LogP contribution is -2.70. The molecule has 0 aliphatic carbocycles. The fraction of sp³-hybridized carbons (Fsp3) is 0.467. The lowest BCUT2D eigenvalue weighted by atomic mass is 10.0. The summed E-state index contributed by atoms with van der Waals surface area (Å²) < 4.78 is 5.22. The molecule has 1 aromatic rings. The summed E-state index contributed by atoms with van der Waals surface area (Å²) in [6, 6.07) is -0.518. The number of carboxylic acids is 2. The first-order valence-electron chi connectivity index (χ1n) is 8.18. The number of thioether (sulfide) groups is 2. The van der Waals surface area contributed by atoms with E-state index in [0.717, 1.165) is 11.8 Å². The van der Waals surface area contributed by atoms with E-state index in [0.29, 0.717) is 22.7 Å². The molecule has 1 amide bonds. The van der Waals surface area contributed by atoms with Crippen LogP contribution in [0.1, 0.15) is 19.2 Å². The highest BCUT2D eigenvalue weighted by atomic mass is 32.2. The van der Waals surface area contributed by atoms with Gasteiger partial charge in [0.25, 0.3) is 11.1 Å². The molecule has 0 aromatic carbocycles. The van der Waals surface area contributed by atoms with Crippen LogP contribution in [0.15, 0.2) is 20.9 Å². The monoisotopic (exact) mass is 444 g/mol. The second-order valence-electron chi connectivity index (χ2n) is 5.89. The van der Waals surface area contributed by atoms with Crippen molar-refractivity contribution in [1.29, 1.82) is 0 Å². The standard InChI is InChI=1S/C15H16N4O6S3/c1-2-8(26)16-10-12(22)19-11(14(23)24)6(4-27-13(10)19)5-28-15-18-17-7(25-15)3-9(20)21/h10,13H,2-5H2,1H3,(H,16,26)(H,20,21)(H,23,24)/t10?,13-/m1/s1. The van der Waals surface area contributed by atoms with Crippen LogP contribution in [-0.2, 0) is 20.8 Å². The normalized spacial score (nSPS) is 21.2. The summed E-state index contributed by atoms with van der Waals surface area (Å²) in [4.78, 5) is 36.8. The number of β-lactam (4-membered cyclic amide) rings is 1. The largest absolute Gasteiger partial charge is 0.481 e. The highest BCUT2D eigenvalue weighted by molar-refractivity contribution is 8.01. The Morgan fingerprint density at radius 2 is 2.18 bits per heavy atom. The lowest BCUT2D eigenvalue weighted by Gasteiger charge is -2.49. The van der Waals surface area contributed by atoms with Crippen molar-refractivity contribution in [2.24, 2.45) is 0 Å². The average molecular weight is 445 g/mol. The maximum atomic E-state index is 12.5. The van der Waals surface area contributed by atoms with Gasteiger partial charge in [-0.15, -0.1) is 22.0 Å². The molecule has 2 aliphatic heterocycles. The fourth-order valence-corrected chi connectivity index (χ4v) is 5.11. The zero-order valence-corrected chi connectivity index (χ0v) is 17.0. The molecule has 0 radical (unpaired) electrons. The number of carbonyl (C=O) groups excluding carboxylic acids is 1. The van der Waals surface area contributed by atoms with Gasteiger partial charge in [0, 0.05) is 11.5 Å². The molecule has 1 aromatic heterocycles. The molecule has 3 rings (SSSR count). The van der Waals surface area contributed by atoms with Gasteiger partial charge in [-0.25, -0.2) is 4.79 Å². The summed E-state index contributed by atoms with van der Waals surface area (Å²) in [7, 11) is 0. The Morgan fingerprint density at radius 1 is 1.43 bits per heavy atom. The van der Waals surface area contributed by atoms with Gasteiger partial charge in [0.2, 0.25) is 5.89 Å². The van der Waals surface area contributed by atoms with Crippen molar-refractivity contribution >= 4 is 58.6 Å². The van der Waals surface area contributed by atoms with E-state index in [9.17, 15) is 19.5 Å². The quantitative estimate of drug-likeness (QED) is 0.295. The van der Waals surface area contributed by atoms with E-state index in [1.54, 1.807) is 0 Å². The molecule has 2 atom stereocenters. The fourth-order valence-electron chi connectivity index (χ4n) is 2.72. The van der Waals surface area contributed by atoms with Crippen LogP contribution in [-0.4, -0.2) is 71.1 Å². The van der Waals surface area contributed by atoms with E-state index in [1.165, 1.54) is 16.7 Å². The number of rotatable bonds is 8. The summed E-state index contributed by atoms with van der Waals surface area (Å²) in [5, 5.41) is 28.5. The lowest BCUT2D eigenvalue weighted by molar-refractivity contribution is -0.148. The van der Waals surface area contributed by atoms with Crippen LogP contribution >= 0.6 is 35.7 Å². The van der Waals surface area contributed by atoms with Gasteiger partial charge < -0.3 is 19.9 Å². The number of thiocarbonyl (C=S) groups is 1. The molecule has 3 heterocycles. The van der Waals surface area contributed by atoms with Gasteiger partial charge >= 0.3 is 11.9 Å². The number of amides is 1. The minimum Gasteiger partial charge on any atom is -0.481 e. The van der Waals surface area contributed by atoms with E-state index in [4.69, 9.17) is 21.7 Å². The number of hydrogen-bond acceptors (Lipinski definition) is 9. The Hall–Kier alpha value is -2.12. The zero-order chi connectivity index (χ0) is 20.4. The number of aromatic nitrogens is 2. The molecule has 13 heteroatoms. The molecular formula is C15H16N4O6S3. The van der Waals surface area contributed by atoms with Crippen molar-refractivity contribution < 1.29 is 29.0 Å². The van der Waals surface area contributed by atoms with Gasteiger partial charge in [0.05, 0.1) is 4.99 Å². The van der Waals surface area contributed by atoms with Crippen molar-refractivity contribution in [2.45, 2.75) is 36.4 Å². The SMILES string of the molecule is CCC(=S)NC1C(=O)N2C(C(=O)O)=C(CSc3nnc(CC(=O)O)o3)CS[C@H]12. The molecule has 150 valence electrons. The number of nitrogens with zero attached hydrogens (tertiary/aromatic N) is 3. The Bertz CT molecular complexity index is 870. The van der Waals surface area contributed by atoms with E-state index in [1.807, 2.05) is 6.92 Å². The third-order valence-electron chi connectivity index (χ3n) is 4.01. The van der Waals surface area contributed by atoms with Gasteiger partial charge in [-0.2, -0.15) is 0 Å². The van der Waals surface area contributed by atoms with Crippen LogP contribution in [0.2, 0.25) is 0 Å². The number of hydrogen-bond donors (Lipinski definition) is 3. The molecule has 0 bridgehead atoms. The molecule has 0 saturated carbocycles. The van der Waals surface area contributed by atoms with Crippen LogP contribution < -0.4 is 5.32 Å². The summed E-state index contributed by atoms with van der Waals surface area (Å²) in [5.74, 6) is -1.97. The van der Waals surface area contributed by atoms with E-state index in [2.05, 4.69) is 15.5 Å².